The maximum absolute atomic E-state index is 12.9. The quantitative estimate of drug-likeness (QED) is 0.763. The number of rotatable bonds is 5. The van der Waals surface area contributed by atoms with E-state index >= 15 is 0 Å². The molecule has 2 aliphatic heterocycles. The molecular weight excluding hydrogens is 414 g/mol. The fourth-order valence-corrected chi connectivity index (χ4v) is 4.44. The molecule has 2 atom stereocenters. The molecule has 2 aromatic rings. The number of nitrogens with zero attached hydrogens (tertiary/aromatic N) is 4. The van der Waals surface area contributed by atoms with Crippen molar-refractivity contribution in [2.24, 2.45) is 16.6 Å². The van der Waals surface area contributed by atoms with Crippen molar-refractivity contribution in [1.82, 2.24) is 4.90 Å². The number of nitrogens with two attached hydrogens (primary N) is 1. The van der Waals surface area contributed by atoms with E-state index in [4.69, 9.17) is 5.73 Å². The van der Waals surface area contributed by atoms with Gasteiger partial charge in [-0.05, 0) is 48.2 Å². The highest BCUT2D eigenvalue weighted by Gasteiger charge is 2.38. The van der Waals surface area contributed by atoms with Crippen LogP contribution in [-0.4, -0.2) is 34.8 Å². The summed E-state index contributed by atoms with van der Waals surface area (Å²) >= 11 is 0. The fourth-order valence-electron chi connectivity index (χ4n) is 4.44. The molecule has 2 unspecified atom stereocenters. The molecule has 2 heterocycles. The summed E-state index contributed by atoms with van der Waals surface area (Å²) in [5, 5.41) is 9.17. The van der Waals surface area contributed by atoms with E-state index in [0.29, 0.717) is 31.5 Å². The summed E-state index contributed by atoms with van der Waals surface area (Å²) in [4.78, 5) is 33.6. The van der Waals surface area contributed by atoms with Gasteiger partial charge in [-0.3, -0.25) is 14.5 Å². The Morgan fingerprint density at radius 2 is 1.94 bits per heavy atom. The highest BCUT2D eigenvalue weighted by atomic mass is 16.2. The number of hydrogen-bond donors (Lipinski definition) is 1. The van der Waals surface area contributed by atoms with Gasteiger partial charge in [-0.25, -0.2) is 4.99 Å². The Morgan fingerprint density at radius 1 is 1.18 bits per heavy atom. The monoisotopic (exact) mass is 443 g/mol. The molecular formula is C26H29N5O2. The molecule has 4 rings (SSSR count). The Morgan fingerprint density at radius 3 is 2.64 bits per heavy atom. The molecule has 7 heteroatoms. The molecule has 2 aromatic carbocycles. The van der Waals surface area contributed by atoms with E-state index in [1.54, 1.807) is 11.0 Å². The van der Waals surface area contributed by atoms with Crippen molar-refractivity contribution >= 4 is 23.5 Å². The number of anilines is 1. The van der Waals surface area contributed by atoms with E-state index in [2.05, 4.69) is 11.1 Å². The van der Waals surface area contributed by atoms with E-state index in [0.717, 1.165) is 16.8 Å². The van der Waals surface area contributed by atoms with Gasteiger partial charge in [-0.1, -0.05) is 38.1 Å². The van der Waals surface area contributed by atoms with Crippen LogP contribution in [0.1, 0.15) is 56.2 Å². The van der Waals surface area contributed by atoms with Gasteiger partial charge in [0.05, 0.1) is 30.1 Å². The van der Waals surface area contributed by atoms with Crippen LogP contribution in [0, 0.1) is 17.2 Å². The average Bonchev–Trinajstić information content (AvgIpc) is 3.18. The van der Waals surface area contributed by atoms with Crippen molar-refractivity contribution in [2.45, 2.75) is 51.6 Å². The van der Waals surface area contributed by atoms with Crippen LogP contribution in [0.2, 0.25) is 0 Å². The van der Waals surface area contributed by atoms with Gasteiger partial charge in [-0.2, -0.15) is 5.26 Å². The van der Waals surface area contributed by atoms with Crippen molar-refractivity contribution in [1.29, 1.82) is 5.26 Å². The maximum atomic E-state index is 12.9. The Hall–Kier alpha value is -3.66. The van der Waals surface area contributed by atoms with Crippen LogP contribution in [0.4, 0.5) is 5.69 Å². The predicted octanol–water partition coefficient (Wildman–Crippen LogP) is 3.54. The predicted molar refractivity (Wildman–Crippen MR) is 127 cm³/mol. The molecule has 2 amide bonds. The Bertz CT molecular complexity index is 1170. The lowest BCUT2D eigenvalue weighted by Gasteiger charge is -2.37. The number of aliphatic imine (C=N–C) groups is 1. The summed E-state index contributed by atoms with van der Waals surface area (Å²) < 4.78 is 0. The summed E-state index contributed by atoms with van der Waals surface area (Å²) in [6, 6.07) is 17.3. The van der Waals surface area contributed by atoms with Crippen molar-refractivity contribution in [3.8, 4) is 6.07 Å². The summed E-state index contributed by atoms with van der Waals surface area (Å²) in [7, 11) is 0. The average molecular weight is 444 g/mol. The first-order chi connectivity index (χ1) is 15.7. The lowest BCUT2D eigenvalue weighted by atomic mass is 9.84. The molecule has 2 N–H and O–H groups in total. The Labute approximate surface area is 194 Å². The van der Waals surface area contributed by atoms with Crippen LogP contribution in [0.3, 0.4) is 0 Å². The number of amides is 2. The van der Waals surface area contributed by atoms with Crippen LogP contribution in [0.5, 0.6) is 0 Å². The molecule has 1 saturated heterocycles. The topological polar surface area (TPSA) is 103 Å². The summed E-state index contributed by atoms with van der Waals surface area (Å²) in [6.45, 7) is 6.91. The molecule has 0 bridgehead atoms. The largest absolute Gasteiger partial charge is 0.369 e. The molecule has 2 aliphatic rings. The van der Waals surface area contributed by atoms with Gasteiger partial charge in [-0.15, -0.1) is 0 Å². The van der Waals surface area contributed by atoms with Crippen LogP contribution in [0.25, 0.3) is 0 Å². The summed E-state index contributed by atoms with van der Waals surface area (Å²) in [6.07, 6.45) is 0.718. The Kier molecular flexibility index (Phi) is 5.94. The fraction of sp³-hybridized carbons (Fsp3) is 0.385. The zero-order valence-corrected chi connectivity index (χ0v) is 19.3. The number of carbonyl (C=O) groups is 2. The van der Waals surface area contributed by atoms with Gasteiger partial charge in [0.1, 0.15) is 0 Å². The molecule has 0 spiro atoms. The van der Waals surface area contributed by atoms with E-state index in [1.165, 1.54) is 4.90 Å². The van der Waals surface area contributed by atoms with Crippen LogP contribution >= 0.6 is 0 Å². The summed E-state index contributed by atoms with van der Waals surface area (Å²) in [5.41, 5.74) is 8.97. The Balaban J connectivity index is 1.52. The van der Waals surface area contributed by atoms with Crippen molar-refractivity contribution in [3.63, 3.8) is 0 Å². The second-order valence-corrected chi connectivity index (χ2v) is 9.45. The number of hydrogen-bond acceptors (Lipinski definition) is 5. The second-order valence-electron chi connectivity index (χ2n) is 9.45. The minimum Gasteiger partial charge on any atom is -0.369 e. The first kappa shape index (κ1) is 22.5. The molecule has 7 nitrogen and oxygen atoms in total. The van der Waals surface area contributed by atoms with E-state index in [9.17, 15) is 14.9 Å². The third kappa shape index (κ3) is 4.47. The highest BCUT2D eigenvalue weighted by Crippen LogP contribution is 2.33. The first-order valence-corrected chi connectivity index (χ1v) is 11.3. The molecule has 0 radical (unpaired) electrons. The standard InChI is InChI=1S/C26H29N5O2/c1-17(2)26(3)13-24(33)31(25(28)29-26)15-19-7-5-9-22(11-19)30-16-21(12-23(30)32)20-8-4-6-18(10-20)14-27/h4-11,17,21H,12-13,15-16H2,1-3H3,(H2,28,29). The molecule has 0 saturated carbocycles. The van der Waals surface area contributed by atoms with Gasteiger partial charge >= 0.3 is 0 Å². The van der Waals surface area contributed by atoms with Crippen LogP contribution < -0.4 is 10.6 Å². The lowest BCUT2D eigenvalue weighted by molar-refractivity contribution is -0.130. The van der Waals surface area contributed by atoms with Gasteiger partial charge < -0.3 is 10.6 Å². The third-order valence-corrected chi connectivity index (χ3v) is 6.88. The zero-order chi connectivity index (χ0) is 23.8. The number of benzene rings is 2. The third-order valence-electron chi connectivity index (χ3n) is 6.88. The van der Waals surface area contributed by atoms with Gasteiger partial charge in [0.25, 0.3) is 0 Å². The maximum Gasteiger partial charge on any atom is 0.232 e. The van der Waals surface area contributed by atoms with Crippen molar-refractivity contribution < 1.29 is 9.59 Å². The first-order valence-electron chi connectivity index (χ1n) is 11.3. The van der Waals surface area contributed by atoms with Gasteiger partial charge in [0.2, 0.25) is 11.8 Å². The van der Waals surface area contributed by atoms with Crippen LogP contribution in [-0.2, 0) is 16.1 Å². The number of nitriles is 1. The lowest BCUT2D eigenvalue weighted by Crippen LogP contribution is -2.51. The second kappa shape index (κ2) is 8.70. The zero-order valence-electron chi connectivity index (χ0n) is 19.3. The van der Waals surface area contributed by atoms with Crippen molar-refractivity contribution in [3.05, 3.63) is 65.2 Å². The molecule has 33 heavy (non-hydrogen) atoms. The smallest absolute Gasteiger partial charge is 0.232 e. The van der Waals surface area contributed by atoms with Gasteiger partial charge in [0.15, 0.2) is 5.96 Å². The minimum atomic E-state index is -0.487. The molecule has 0 aliphatic carbocycles. The highest BCUT2D eigenvalue weighted by molar-refractivity contribution is 5.99. The number of carbonyl (C=O) groups excluding carboxylic acids is 2. The number of guanidine groups is 1. The molecule has 1 fully saturated rings. The van der Waals surface area contributed by atoms with E-state index in [1.807, 2.05) is 63.2 Å². The minimum absolute atomic E-state index is 0.0367. The normalized spacial score (nSPS) is 23.1. The van der Waals surface area contributed by atoms with E-state index < -0.39 is 5.54 Å². The summed E-state index contributed by atoms with van der Waals surface area (Å²) in [5.74, 6) is 0.478. The van der Waals surface area contributed by atoms with Crippen LogP contribution in [0.15, 0.2) is 53.5 Å². The van der Waals surface area contributed by atoms with E-state index in [-0.39, 0.29) is 29.6 Å². The molecule has 0 aromatic heterocycles. The van der Waals surface area contributed by atoms with Gasteiger partial charge in [0, 0.05) is 24.6 Å². The SMILES string of the molecule is CC(C)C1(C)CC(=O)N(Cc2cccc(N3CC(c4cccc(C#N)c4)CC3=O)c2)C(N)=N1. The van der Waals surface area contributed by atoms with Crippen molar-refractivity contribution in [2.75, 3.05) is 11.4 Å². The molecule has 170 valence electrons.